The van der Waals surface area contributed by atoms with E-state index < -0.39 is 24.1 Å². The Balaban J connectivity index is 2.45. The lowest BCUT2D eigenvalue weighted by molar-refractivity contribution is -0.156. The van der Waals surface area contributed by atoms with Gasteiger partial charge in [-0.3, -0.25) is 0 Å². The molecule has 0 aliphatic rings. The van der Waals surface area contributed by atoms with E-state index in [9.17, 15) is 26.3 Å². The first-order valence-electron chi connectivity index (χ1n) is 7.45. The predicted molar refractivity (Wildman–Crippen MR) is 80.9 cm³/mol. The number of aromatic nitrogens is 2. The number of alkyl halides is 6. The van der Waals surface area contributed by atoms with Crippen LogP contribution in [-0.4, -0.2) is 22.8 Å². The molecular formula is C16H17F6N3. The van der Waals surface area contributed by atoms with Gasteiger partial charge >= 0.3 is 12.4 Å². The van der Waals surface area contributed by atoms with Crippen molar-refractivity contribution in [2.45, 2.75) is 38.3 Å². The maximum absolute atomic E-state index is 12.9. The summed E-state index contributed by atoms with van der Waals surface area (Å²) in [6, 6.07) is 3.00. The van der Waals surface area contributed by atoms with Crippen LogP contribution in [0, 0.1) is 0 Å². The van der Waals surface area contributed by atoms with Gasteiger partial charge in [0.1, 0.15) is 11.9 Å². The Morgan fingerprint density at radius 3 is 1.96 bits per heavy atom. The average Bonchev–Trinajstić information content (AvgIpc) is 2.92. The van der Waals surface area contributed by atoms with E-state index in [1.807, 2.05) is 0 Å². The number of nitrogens with one attached hydrogen (secondary N) is 1. The van der Waals surface area contributed by atoms with Crippen LogP contribution in [0.1, 0.15) is 37.2 Å². The van der Waals surface area contributed by atoms with Crippen molar-refractivity contribution in [3.63, 3.8) is 0 Å². The van der Waals surface area contributed by atoms with Crippen LogP contribution in [-0.2, 0) is 6.18 Å². The molecule has 0 bridgehead atoms. The summed E-state index contributed by atoms with van der Waals surface area (Å²) in [5.74, 6) is 0.0573. The summed E-state index contributed by atoms with van der Waals surface area (Å²) < 4.78 is 78.8. The molecule has 3 nitrogen and oxygen atoms in total. The van der Waals surface area contributed by atoms with Gasteiger partial charge < -0.3 is 9.88 Å². The molecule has 138 valence electrons. The number of halogens is 6. The van der Waals surface area contributed by atoms with Crippen molar-refractivity contribution in [3.8, 4) is 11.4 Å². The predicted octanol–water partition coefficient (Wildman–Crippen LogP) is 4.97. The second kappa shape index (κ2) is 6.70. The van der Waals surface area contributed by atoms with Crippen molar-refractivity contribution in [1.82, 2.24) is 14.9 Å². The first kappa shape index (κ1) is 19.3. The zero-order chi connectivity index (χ0) is 19.0. The molecule has 1 aromatic heterocycles. The SMILES string of the molecule is CN[C@@H](c1ccc(-c2nc(C(F)(F)F)cn2C(C)C)cc1)C(F)(F)F. The van der Waals surface area contributed by atoms with Gasteiger partial charge in [0.2, 0.25) is 0 Å². The highest BCUT2D eigenvalue weighted by Crippen LogP contribution is 2.35. The van der Waals surface area contributed by atoms with Crippen LogP contribution in [0.5, 0.6) is 0 Å². The number of imidazole rings is 1. The first-order chi connectivity index (χ1) is 11.4. The minimum atomic E-state index is -4.59. The Hall–Kier alpha value is -2.03. The molecule has 0 saturated heterocycles. The van der Waals surface area contributed by atoms with Crippen molar-refractivity contribution in [2.24, 2.45) is 0 Å². The monoisotopic (exact) mass is 365 g/mol. The molecule has 0 saturated carbocycles. The third-order valence-electron chi connectivity index (χ3n) is 3.70. The Labute approximate surface area is 140 Å². The lowest BCUT2D eigenvalue weighted by atomic mass is 10.0. The van der Waals surface area contributed by atoms with Crippen molar-refractivity contribution < 1.29 is 26.3 Å². The quantitative estimate of drug-likeness (QED) is 0.775. The second-order valence-corrected chi connectivity index (χ2v) is 5.83. The van der Waals surface area contributed by atoms with Crippen LogP contribution in [0.2, 0.25) is 0 Å². The van der Waals surface area contributed by atoms with Crippen LogP contribution in [0.4, 0.5) is 26.3 Å². The highest BCUT2D eigenvalue weighted by atomic mass is 19.4. The van der Waals surface area contributed by atoms with Crippen molar-refractivity contribution in [1.29, 1.82) is 0 Å². The van der Waals surface area contributed by atoms with Crippen molar-refractivity contribution >= 4 is 0 Å². The van der Waals surface area contributed by atoms with Gasteiger partial charge in [0.25, 0.3) is 0 Å². The van der Waals surface area contributed by atoms with Crippen LogP contribution in [0.15, 0.2) is 30.5 Å². The largest absolute Gasteiger partial charge is 0.434 e. The fourth-order valence-electron chi connectivity index (χ4n) is 2.48. The second-order valence-electron chi connectivity index (χ2n) is 5.83. The summed E-state index contributed by atoms with van der Waals surface area (Å²) in [5.41, 5.74) is -0.758. The molecule has 0 fully saturated rings. The third-order valence-corrected chi connectivity index (χ3v) is 3.70. The van der Waals surface area contributed by atoms with Gasteiger partial charge in [-0.1, -0.05) is 24.3 Å². The molecule has 1 N–H and O–H groups in total. The number of hydrogen-bond acceptors (Lipinski definition) is 2. The van der Waals surface area contributed by atoms with E-state index in [2.05, 4.69) is 10.3 Å². The third kappa shape index (κ3) is 4.15. The summed E-state index contributed by atoms with van der Waals surface area (Å²) in [7, 11) is 1.19. The highest BCUT2D eigenvalue weighted by Gasteiger charge is 2.39. The topological polar surface area (TPSA) is 29.9 Å². The summed E-state index contributed by atoms with van der Waals surface area (Å²) in [6.07, 6.45) is -8.17. The molecule has 0 aliphatic heterocycles. The Bertz CT molecular complexity index is 713. The first-order valence-corrected chi connectivity index (χ1v) is 7.45. The maximum atomic E-state index is 12.9. The fraction of sp³-hybridized carbons (Fsp3) is 0.438. The summed E-state index contributed by atoms with van der Waals surface area (Å²) in [4.78, 5) is 3.62. The average molecular weight is 365 g/mol. The van der Waals surface area contributed by atoms with E-state index in [1.165, 1.54) is 35.9 Å². The van der Waals surface area contributed by atoms with Gasteiger partial charge in [-0.25, -0.2) is 4.98 Å². The number of rotatable bonds is 4. The molecule has 1 aromatic carbocycles. The van der Waals surface area contributed by atoms with Crippen LogP contribution >= 0.6 is 0 Å². The molecule has 0 spiro atoms. The van der Waals surface area contributed by atoms with E-state index in [0.29, 0.717) is 5.56 Å². The number of hydrogen-bond donors (Lipinski definition) is 1. The molecule has 9 heteroatoms. The molecule has 0 unspecified atom stereocenters. The Morgan fingerprint density at radius 1 is 1.00 bits per heavy atom. The lowest BCUT2D eigenvalue weighted by Gasteiger charge is -2.20. The summed E-state index contributed by atoms with van der Waals surface area (Å²) in [6.45, 7) is 3.39. The molecule has 2 rings (SSSR count). The minimum Gasteiger partial charge on any atom is -0.328 e. The number of benzene rings is 1. The minimum absolute atomic E-state index is 0.0301. The number of nitrogens with zero attached hydrogens (tertiary/aromatic N) is 2. The highest BCUT2D eigenvalue weighted by molar-refractivity contribution is 5.57. The van der Waals surface area contributed by atoms with Crippen LogP contribution in [0.25, 0.3) is 11.4 Å². The normalized spacial score (nSPS) is 14.2. The molecule has 25 heavy (non-hydrogen) atoms. The standard InChI is InChI=1S/C16H17F6N3/c1-9(2)25-8-12(15(17,18)19)24-14(25)11-6-4-10(5-7-11)13(23-3)16(20,21)22/h4-9,13,23H,1-3H3/t13-/m0/s1. The van der Waals surface area contributed by atoms with E-state index in [-0.39, 0.29) is 17.4 Å². The smallest absolute Gasteiger partial charge is 0.328 e. The van der Waals surface area contributed by atoms with Gasteiger partial charge in [-0.05, 0) is 26.5 Å². The molecule has 1 atom stereocenters. The zero-order valence-corrected chi connectivity index (χ0v) is 13.7. The molecular weight excluding hydrogens is 348 g/mol. The van der Waals surface area contributed by atoms with Crippen LogP contribution in [0.3, 0.4) is 0 Å². The van der Waals surface area contributed by atoms with Crippen LogP contribution < -0.4 is 5.32 Å². The molecule has 0 aliphatic carbocycles. The molecule has 0 radical (unpaired) electrons. The molecule has 2 aromatic rings. The van der Waals surface area contributed by atoms with E-state index in [0.717, 1.165) is 6.20 Å². The molecule has 1 heterocycles. The van der Waals surface area contributed by atoms with E-state index in [4.69, 9.17) is 0 Å². The van der Waals surface area contributed by atoms with Crippen molar-refractivity contribution in [3.05, 3.63) is 41.7 Å². The van der Waals surface area contributed by atoms with Gasteiger partial charge in [-0.15, -0.1) is 0 Å². The van der Waals surface area contributed by atoms with Gasteiger partial charge in [-0.2, -0.15) is 26.3 Å². The maximum Gasteiger partial charge on any atom is 0.434 e. The lowest BCUT2D eigenvalue weighted by Crippen LogP contribution is -2.31. The van der Waals surface area contributed by atoms with Crippen molar-refractivity contribution in [2.75, 3.05) is 7.05 Å². The molecule has 0 amide bonds. The van der Waals surface area contributed by atoms with E-state index >= 15 is 0 Å². The Morgan fingerprint density at radius 2 is 1.56 bits per heavy atom. The van der Waals surface area contributed by atoms with E-state index in [1.54, 1.807) is 13.8 Å². The zero-order valence-electron chi connectivity index (χ0n) is 13.7. The summed E-state index contributed by atoms with van der Waals surface area (Å²) >= 11 is 0. The van der Waals surface area contributed by atoms with Gasteiger partial charge in [0.05, 0.1) is 0 Å². The summed E-state index contributed by atoms with van der Waals surface area (Å²) in [5, 5.41) is 2.18. The van der Waals surface area contributed by atoms with Gasteiger partial charge in [0.15, 0.2) is 5.69 Å². The van der Waals surface area contributed by atoms with Gasteiger partial charge in [0, 0.05) is 17.8 Å². The Kier molecular flexibility index (Phi) is 5.17. The fourth-order valence-corrected chi connectivity index (χ4v) is 2.48.